The molecule has 0 unspecified atom stereocenters. The van der Waals surface area contributed by atoms with Crippen LogP contribution in [0.1, 0.15) is 12.8 Å². The minimum atomic E-state index is 0.659. The van der Waals surface area contributed by atoms with Crippen molar-refractivity contribution in [3.05, 3.63) is 0 Å². The van der Waals surface area contributed by atoms with Crippen molar-refractivity contribution in [2.75, 3.05) is 33.7 Å². The van der Waals surface area contributed by atoms with Crippen LogP contribution >= 0.6 is 0 Å². The molecule has 3 fully saturated rings. The van der Waals surface area contributed by atoms with Gasteiger partial charge in [0, 0.05) is 19.6 Å². The van der Waals surface area contributed by atoms with Crippen LogP contribution in [0.3, 0.4) is 0 Å². The van der Waals surface area contributed by atoms with Crippen LogP contribution in [0.4, 0.5) is 0 Å². The van der Waals surface area contributed by atoms with E-state index < -0.39 is 0 Å². The average Bonchev–Trinajstić information content (AvgIpc) is 1.84. The van der Waals surface area contributed by atoms with Crippen molar-refractivity contribution in [2.24, 2.45) is 11.3 Å². The number of nitrogens with zero attached hydrogens (tertiary/aromatic N) is 1. The topological polar surface area (TPSA) is 15.3 Å². The first-order valence-corrected chi connectivity index (χ1v) is 4.57. The zero-order chi connectivity index (χ0) is 7.90. The van der Waals surface area contributed by atoms with Crippen molar-refractivity contribution in [3.63, 3.8) is 0 Å². The Morgan fingerprint density at radius 3 is 2.82 bits per heavy atom. The quantitative estimate of drug-likeness (QED) is 0.625. The van der Waals surface area contributed by atoms with E-state index in [-0.39, 0.29) is 0 Å². The van der Waals surface area contributed by atoms with Gasteiger partial charge in [-0.1, -0.05) is 0 Å². The largest absolute Gasteiger partial charge is 0.319 e. The second-order valence-electron chi connectivity index (χ2n) is 4.50. The summed E-state index contributed by atoms with van der Waals surface area (Å²) < 4.78 is 0. The highest BCUT2D eigenvalue weighted by molar-refractivity contribution is 5.01. The summed E-state index contributed by atoms with van der Waals surface area (Å²) in [5, 5.41) is 3.31. The van der Waals surface area contributed by atoms with Crippen LogP contribution in [0.2, 0.25) is 0 Å². The molecule has 3 aliphatic rings. The molecule has 0 amide bonds. The first-order valence-electron chi connectivity index (χ1n) is 4.57. The number of piperidine rings is 2. The van der Waals surface area contributed by atoms with Crippen molar-refractivity contribution in [3.8, 4) is 0 Å². The van der Waals surface area contributed by atoms with Crippen molar-refractivity contribution < 1.29 is 0 Å². The molecule has 0 radical (unpaired) electrons. The lowest BCUT2D eigenvalue weighted by molar-refractivity contribution is -0.0475. The fourth-order valence-corrected chi connectivity index (χ4v) is 3.08. The number of fused-ring (bicyclic) bond motifs is 2. The van der Waals surface area contributed by atoms with E-state index in [0.29, 0.717) is 5.41 Å². The van der Waals surface area contributed by atoms with E-state index >= 15 is 0 Å². The minimum absolute atomic E-state index is 0.659. The molecule has 1 saturated carbocycles. The Kier molecular flexibility index (Phi) is 1.69. The molecule has 3 rings (SSSR count). The number of rotatable bonds is 2. The van der Waals surface area contributed by atoms with Gasteiger partial charge in [-0.05, 0) is 38.3 Å². The van der Waals surface area contributed by atoms with E-state index in [0.717, 1.165) is 5.92 Å². The van der Waals surface area contributed by atoms with E-state index in [1.807, 2.05) is 0 Å². The summed E-state index contributed by atoms with van der Waals surface area (Å²) in [6, 6.07) is 0. The van der Waals surface area contributed by atoms with Gasteiger partial charge in [0.05, 0.1) is 0 Å². The highest BCUT2D eigenvalue weighted by Gasteiger charge is 2.48. The Morgan fingerprint density at radius 1 is 1.55 bits per heavy atom. The molecule has 0 aromatic rings. The fourth-order valence-electron chi connectivity index (χ4n) is 3.08. The Bertz CT molecular complexity index is 144. The Labute approximate surface area is 69.0 Å². The summed E-state index contributed by atoms with van der Waals surface area (Å²) in [5.41, 5.74) is 0.659. The second-order valence-corrected chi connectivity index (χ2v) is 4.50. The van der Waals surface area contributed by atoms with Crippen molar-refractivity contribution in [1.82, 2.24) is 10.2 Å². The smallest absolute Gasteiger partial charge is 0.00474 e. The zero-order valence-electron chi connectivity index (χ0n) is 7.56. The predicted molar refractivity (Wildman–Crippen MR) is 46.6 cm³/mol. The molecule has 2 heterocycles. The second kappa shape index (κ2) is 2.46. The van der Waals surface area contributed by atoms with Crippen LogP contribution in [0.25, 0.3) is 0 Å². The lowest BCUT2D eigenvalue weighted by Gasteiger charge is -2.56. The average molecular weight is 154 g/mol. The zero-order valence-corrected chi connectivity index (χ0v) is 7.56. The Morgan fingerprint density at radius 2 is 2.27 bits per heavy atom. The molecular formula is C9H18N2. The summed E-state index contributed by atoms with van der Waals surface area (Å²) in [6.07, 6.45) is 2.94. The third kappa shape index (κ3) is 1.18. The molecule has 2 saturated heterocycles. The standard InChI is InChI=1S/C9H18N2/c1-10-6-9-3-8(4-9)5-11(2)7-9/h8,10H,3-7H2,1-2H3. The monoisotopic (exact) mass is 154 g/mol. The predicted octanol–water partition coefficient (Wildman–Crippen LogP) is 0.548. The van der Waals surface area contributed by atoms with Gasteiger partial charge in [0.15, 0.2) is 0 Å². The molecule has 0 atom stereocenters. The molecule has 0 aromatic carbocycles. The van der Waals surface area contributed by atoms with Gasteiger partial charge in [-0.15, -0.1) is 0 Å². The van der Waals surface area contributed by atoms with Crippen LogP contribution in [-0.2, 0) is 0 Å². The minimum Gasteiger partial charge on any atom is -0.319 e. The molecule has 1 N–H and O–H groups in total. The Hall–Kier alpha value is -0.0800. The number of hydrogen-bond acceptors (Lipinski definition) is 2. The third-order valence-electron chi connectivity index (χ3n) is 3.17. The van der Waals surface area contributed by atoms with E-state index in [1.165, 1.54) is 32.5 Å². The molecule has 2 heteroatoms. The highest BCUT2D eigenvalue weighted by Crippen LogP contribution is 2.49. The van der Waals surface area contributed by atoms with Gasteiger partial charge in [0.1, 0.15) is 0 Å². The summed E-state index contributed by atoms with van der Waals surface area (Å²) in [5.74, 6) is 1.02. The molecule has 11 heavy (non-hydrogen) atoms. The van der Waals surface area contributed by atoms with Crippen LogP contribution in [0.15, 0.2) is 0 Å². The summed E-state index contributed by atoms with van der Waals surface area (Å²) in [4.78, 5) is 2.48. The third-order valence-corrected chi connectivity index (χ3v) is 3.17. The molecule has 1 aliphatic carbocycles. The Balaban J connectivity index is 1.95. The molecule has 0 spiro atoms. The SMILES string of the molecule is CNCC12CC(CN(C)C1)C2. The lowest BCUT2D eigenvalue weighted by Crippen LogP contribution is -2.58. The van der Waals surface area contributed by atoms with Gasteiger partial charge in [-0.25, -0.2) is 0 Å². The van der Waals surface area contributed by atoms with Gasteiger partial charge in [0.2, 0.25) is 0 Å². The lowest BCUT2D eigenvalue weighted by atomic mass is 9.59. The summed E-state index contributed by atoms with van der Waals surface area (Å²) >= 11 is 0. The van der Waals surface area contributed by atoms with Crippen molar-refractivity contribution >= 4 is 0 Å². The van der Waals surface area contributed by atoms with E-state index in [1.54, 1.807) is 0 Å². The first-order chi connectivity index (χ1) is 5.24. The fraction of sp³-hybridized carbons (Fsp3) is 1.00. The molecule has 2 aliphatic heterocycles. The number of hydrogen-bond donors (Lipinski definition) is 1. The van der Waals surface area contributed by atoms with Gasteiger partial charge in [-0.3, -0.25) is 0 Å². The molecule has 64 valence electrons. The highest BCUT2D eigenvalue weighted by atomic mass is 15.1. The normalized spacial score (nSPS) is 43.6. The van der Waals surface area contributed by atoms with E-state index in [2.05, 4.69) is 24.3 Å². The van der Waals surface area contributed by atoms with Crippen LogP contribution in [-0.4, -0.2) is 38.6 Å². The van der Waals surface area contributed by atoms with Gasteiger partial charge < -0.3 is 10.2 Å². The van der Waals surface area contributed by atoms with Crippen LogP contribution in [0, 0.1) is 11.3 Å². The van der Waals surface area contributed by atoms with E-state index in [4.69, 9.17) is 0 Å². The van der Waals surface area contributed by atoms with Crippen LogP contribution < -0.4 is 5.32 Å². The van der Waals surface area contributed by atoms with Crippen molar-refractivity contribution in [2.45, 2.75) is 12.8 Å². The van der Waals surface area contributed by atoms with Crippen LogP contribution in [0.5, 0.6) is 0 Å². The molecule has 2 bridgehead atoms. The molecule has 2 nitrogen and oxygen atoms in total. The first kappa shape index (κ1) is 7.56. The van der Waals surface area contributed by atoms with Crippen molar-refractivity contribution in [1.29, 1.82) is 0 Å². The maximum atomic E-state index is 3.31. The summed E-state index contributed by atoms with van der Waals surface area (Å²) in [6.45, 7) is 3.86. The van der Waals surface area contributed by atoms with E-state index in [9.17, 15) is 0 Å². The maximum Gasteiger partial charge on any atom is 0.00474 e. The number of nitrogens with one attached hydrogen (secondary N) is 1. The van der Waals surface area contributed by atoms with Gasteiger partial charge in [-0.2, -0.15) is 0 Å². The summed E-state index contributed by atoms with van der Waals surface area (Å²) in [7, 11) is 4.31. The maximum absolute atomic E-state index is 3.31. The molecular weight excluding hydrogens is 136 g/mol. The molecule has 0 aromatic heterocycles. The van der Waals surface area contributed by atoms with Gasteiger partial charge >= 0.3 is 0 Å². The van der Waals surface area contributed by atoms with Gasteiger partial charge in [0.25, 0.3) is 0 Å².